The Morgan fingerprint density at radius 2 is 1.53 bits per heavy atom. The monoisotopic (exact) mass is 605 g/mol. The highest BCUT2D eigenvalue weighted by Crippen LogP contribution is 2.32. The largest absolute Gasteiger partial charge is 0.378 e. The van der Waals surface area contributed by atoms with E-state index in [0.29, 0.717) is 49.1 Å². The van der Waals surface area contributed by atoms with Crippen molar-refractivity contribution in [3.8, 4) is 22.5 Å². The lowest BCUT2D eigenvalue weighted by molar-refractivity contribution is 0.0827. The molecule has 230 valence electrons. The number of benzene rings is 2. The number of nitrogens with zero attached hydrogens (tertiary/aromatic N) is 7. The van der Waals surface area contributed by atoms with Gasteiger partial charge in [-0.15, -0.1) is 0 Å². The molecule has 0 saturated carbocycles. The first kappa shape index (κ1) is 29.7. The van der Waals surface area contributed by atoms with Gasteiger partial charge in [-0.1, -0.05) is 0 Å². The van der Waals surface area contributed by atoms with Crippen LogP contribution in [0.5, 0.6) is 0 Å². The molecule has 0 spiro atoms. The number of nitrogens with one attached hydrogen (secondary N) is 2. The molecule has 2 aromatic carbocycles. The molecule has 0 bridgehead atoms. The molecule has 0 radical (unpaired) electrons. The van der Waals surface area contributed by atoms with Gasteiger partial charge in [0, 0.05) is 79.8 Å². The third-order valence-electron chi connectivity index (χ3n) is 7.82. The van der Waals surface area contributed by atoms with Crippen LogP contribution in [0.4, 0.5) is 22.0 Å². The molecule has 1 saturated heterocycles. The fraction of sp³-hybridized carbons (Fsp3) is 0.273. The third kappa shape index (κ3) is 6.18. The van der Waals surface area contributed by atoms with Gasteiger partial charge in [-0.25, -0.2) is 14.8 Å². The van der Waals surface area contributed by atoms with Gasteiger partial charge in [-0.3, -0.25) is 14.5 Å². The van der Waals surface area contributed by atoms with E-state index in [-0.39, 0.29) is 5.91 Å². The third-order valence-corrected chi connectivity index (χ3v) is 7.82. The van der Waals surface area contributed by atoms with Gasteiger partial charge in [0.1, 0.15) is 5.52 Å². The zero-order valence-electron chi connectivity index (χ0n) is 26.0. The standard InChI is InChI=1S/C33H35N9O3/c1-20-28(21(2)41(5)39-20)24-18-27-29(34-19-24)31(42-14-16-45-17-15-42)38-30(37-27)22-6-10-25(11-7-22)35-33(44)36-26-12-8-23(9-13-26)32(43)40(3)4/h6-13,18-19H,14-17H2,1-5H3,(H2,35,36,44). The number of aromatic nitrogens is 5. The maximum Gasteiger partial charge on any atom is 0.323 e. The number of pyridine rings is 1. The van der Waals surface area contributed by atoms with Crippen molar-refractivity contribution in [3.63, 3.8) is 0 Å². The predicted octanol–water partition coefficient (Wildman–Crippen LogP) is 4.89. The molecule has 0 unspecified atom stereocenters. The minimum Gasteiger partial charge on any atom is -0.378 e. The predicted molar refractivity (Wildman–Crippen MR) is 175 cm³/mol. The number of anilines is 3. The Balaban J connectivity index is 1.26. The first-order valence-corrected chi connectivity index (χ1v) is 14.7. The average molecular weight is 606 g/mol. The Hall–Kier alpha value is -5.36. The van der Waals surface area contributed by atoms with Crippen molar-refractivity contribution in [2.45, 2.75) is 13.8 Å². The quantitative estimate of drug-likeness (QED) is 0.280. The second-order valence-corrected chi connectivity index (χ2v) is 11.2. The van der Waals surface area contributed by atoms with E-state index in [1.807, 2.05) is 56.0 Å². The van der Waals surface area contributed by atoms with Crippen molar-refractivity contribution in [2.24, 2.45) is 7.05 Å². The number of aryl methyl sites for hydroxylation is 2. The molecule has 1 aliphatic heterocycles. The highest BCUT2D eigenvalue weighted by atomic mass is 16.5. The zero-order valence-corrected chi connectivity index (χ0v) is 26.0. The number of morpholine rings is 1. The molecule has 3 amide bonds. The molecule has 0 aliphatic carbocycles. The van der Waals surface area contributed by atoms with Crippen LogP contribution >= 0.6 is 0 Å². The van der Waals surface area contributed by atoms with Crippen molar-refractivity contribution in [1.82, 2.24) is 29.6 Å². The van der Waals surface area contributed by atoms with Crippen LogP contribution in [0.2, 0.25) is 0 Å². The highest BCUT2D eigenvalue weighted by molar-refractivity contribution is 6.00. The fourth-order valence-electron chi connectivity index (χ4n) is 5.41. The minimum absolute atomic E-state index is 0.103. The summed E-state index contributed by atoms with van der Waals surface area (Å²) in [5.74, 6) is 1.23. The summed E-state index contributed by atoms with van der Waals surface area (Å²) in [7, 11) is 5.33. The van der Waals surface area contributed by atoms with Crippen molar-refractivity contribution in [3.05, 3.63) is 77.7 Å². The Kier molecular flexibility index (Phi) is 8.14. The van der Waals surface area contributed by atoms with E-state index >= 15 is 0 Å². The number of hydrogen-bond donors (Lipinski definition) is 2. The van der Waals surface area contributed by atoms with Crippen LogP contribution in [0.1, 0.15) is 21.7 Å². The van der Waals surface area contributed by atoms with Crippen molar-refractivity contribution >= 4 is 40.2 Å². The SMILES string of the molecule is Cc1nn(C)c(C)c1-c1cnc2c(N3CCOCC3)nc(-c3ccc(NC(=O)Nc4ccc(C(=O)N(C)C)cc4)cc3)nc2c1. The molecule has 2 N–H and O–H groups in total. The average Bonchev–Trinajstić information content (AvgIpc) is 3.30. The summed E-state index contributed by atoms with van der Waals surface area (Å²) in [6, 6.07) is 15.8. The van der Waals surface area contributed by atoms with Crippen LogP contribution in [0, 0.1) is 13.8 Å². The van der Waals surface area contributed by atoms with E-state index in [0.717, 1.165) is 44.9 Å². The number of fused-ring (bicyclic) bond motifs is 1. The Morgan fingerprint density at radius 1 is 0.889 bits per heavy atom. The van der Waals surface area contributed by atoms with Crippen molar-refractivity contribution in [1.29, 1.82) is 0 Å². The van der Waals surface area contributed by atoms with E-state index in [1.165, 1.54) is 4.90 Å². The van der Waals surface area contributed by atoms with Gasteiger partial charge in [0.05, 0.1) is 24.4 Å². The van der Waals surface area contributed by atoms with Gasteiger partial charge in [-0.05, 0) is 68.4 Å². The highest BCUT2D eigenvalue weighted by Gasteiger charge is 2.21. The minimum atomic E-state index is -0.398. The number of carbonyl (C=O) groups is 2. The molecular formula is C33H35N9O3. The molecular weight excluding hydrogens is 570 g/mol. The van der Waals surface area contributed by atoms with Crippen molar-refractivity contribution in [2.75, 3.05) is 55.9 Å². The lowest BCUT2D eigenvalue weighted by Crippen LogP contribution is -2.37. The van der Waals surface area contributed by atoms with Gasteiger partial charge >= 0.3 is 6.03 Å². The second-order valence-electron chi connectivity index (χ2n) is 11.2. The normalized spacial score (nSPS) is 13.1. The van der Waals surface area contributed by atoms with E-state index in [4.69, 9.17) is 19.7 Å². The van der Waals surface area contributed by atoms with Crippen LogP contribution in [-0.2, 0) is 11.8 Å². The van der Waals surface area contributed by atoms with Gasteiger partial charge in [0.2, 0.25) is 0 Å². The maximum absolute atomic E-state index is 12.7. The van der Waals surface area contributed by atoms with Crippen molar-refractivity contribution < 1.29 is 14.3 Å². The fourth-order valence-corrected chi connectivity index (χ4v) is 5.41. The van der Waals surface area contributed by atoms with E-state index in [2.05, 4.69) is 26.7 Å². The number of carbonyl (C=O) groups excluding carboxylic acids is 2. The first-order chi connectivity index (χ1) is 21.7. The van der Waals surface area contributed by atoms with E-state index in [9.17, 15) is 9.59 Å². The van der Waals surface area contributed by atoms with Crippen LogP contribution in [-0.4, -0.2) is 82.0 Å². The number of rotatable bonds is 6. The summed E-state index contributed by atoms with van der Waals surface area (Å²) >= 11 is 0. The summed E-state index contributed by atoms with van der Waals surface area (Å²) < 4.78 is 7.46. The molecule has 45 heavy (non-hydrogen) atoms. The summed E-state index contributed by atoms with van der Waals surface area (Å²) in [6.45, 7) is 6.70. The van der Waals surface area contributed by atoms with Gasteiger partial charge in [-0.2, -0.15) is 5.10 Å². The molecule has 5 aromatic rings. The Bertz CT molecular complexity index is 1880. The summed E-state index contributed by atoms with van der Waals surface area (Å²) in [5.41, 5.74) is 7.99. The molecule has 6 rings (SSSR count). The van der Waals surface area contributed by atoms with Crippen LogP contribution in [0.15, 0.2) is 60.8 Å². The van der Waals surface area contributed by atoms with Gasteiger partial charge < -0.3 is 25.2 Å². The molecule has 12 nitrogen and oxygen atoms in total. The van der Waals surface area contributed by atoms with Crippen LogP contribution in [0.25, 0.3) is 33.5 Å². The smallest absolute Gasteiger partial charge is 0.323 e. The van der Waals surface area contributed by atoms with E-state index < -0.39 is 6.03 Å². The molecule has 0 atom stereocenters. The number of amides is 3. The number of hydrogen-bond acceptors (Lipinski definition) is 8. The summed E-state index contributed by atoms with van der Waals surface area (Å²) in [4.78, 5) is 43.2. The molecule has 12 heteroatoms. The maximum atomic E-state index is 12.7. The number of urea groups is 1. The molecule has 4 heterocycles. The Morgan fingerprint density at radius 3 is 2.13 bits per heavy atom. The Labute approximate surface area is 261 Å². The lowest BCUT2D eigenvalue weighted by Gasteiger charge is -2.28. The lowest BCUT2D eigenvalue weighted by atomic mass is 10.1. The molecule has 3 aromatic heterocycles. The van der Waals surface area contributed by atoms with Crippen LogP contribution in [0.3, 0.4) is 0 Å². The topological polar surface area (TPSA) is 130 Å². The van der Waals surface area contributed by atoms with Gasteiger partial charge in [0.25, 0.3) is 5.91 Å². The van der Waals surface area contributed by atoms with Crippen LogP contribution < -0.4 is 15.5 Å². The van der Waals surface area contributed by atoms with Gasteiger partial charge in [0.15, 0.2) is 11.6 Å². The molecule has 1 aliphatic rings. The van der Waals surface area contributed by atoms with E-state index in [1.54, 1.807) is 38.4 Å². The molecule has 1 fully saturated rings. The zero-order chi connectivity index (χ0) is 31.7. The summed E-state index contributed by atoms with van der Waals surface area (Å²) in [6.07, 6.45) is 1.87. The second kappa shape index (κ2) is 12.3. The first-order valence-electron chi connectivity index (χ1n) is 14.7. The summed E-state index contributed by atoms with van der Waals surface area (Å²) in [5, 5.41) is 10.2. The number of ether oxygens (including phenoxy) is 1.